The molecule has 0 spiro atoms. The maximum Gasteiger partial charge on any atom is 0.352 e. The molecule has 1 aliphatic rings. The lowest BCUT2D eigenvalue weighted by Crippen LogP contribution is -2.48. The average molecular weight is 339 g/mol. The quantitative estimate of drug-likeness (QED) is 0.846. The van der Waals surface area contributed by atoms with Crippen LogP contribution in [0.25, 0.3) is 0 Å². The fourth-order valence-corrected chi connectivity index (χ4v) is 3.16. The summed E-state index contributed by atoms with van der Waals surface area (Å²) in [6.07, 6.45) is 0.463. The Kier molecular flexibility index (Phi) is 4.74. The number of rotatable bonds is 5. The Labute approximate surface area is 147 Å². The van der Waals surface area contributed by atoms with E-state index in [0.717, 1.165) is 16.8 Å². The van der Waals surface area contributed by atoms with Gasteiger partial charge < -0.3 is 14.8 Å². The Morgan fingerprint density at radius 3 is 2.40 bits per heavy atom. The largest absolute Gasteiger partial charge is 0.466 e. The van der Waals surface area contributed by atoms with Crippen molar-refractivity contribution in [2.75, 3.05) is 12.4 Å². The number of carbonyl (C=O) groups excluding carboxylic acids is 2. The van der Waals surface area contributed by atoms with Crippen molar-refractivity contribution in [2.45, 2.75) is 31.4 Å². The third-order valence-electron chi connectivity index (χ3n) is 4.49. The molecule has 2 aromatic rings. The van der Waals surface area contributed by atoms with Gasteiger partial charge in [-0.3, -0.25) is 4.79 Å². The van der Waals surface area contributed by atoms with Gasteiger partial charge in [0.1, 0.15) is 6.04 Å². The number of methoxy groups -OCH3 is 1. The molecule has 25 heavy (non-hydrogen) atoms. The Morgan fingerprint density at radius 1 is 1.16 bits per heavy atom. The highest BCUT2D eigenvalue weighted by Gasteiger charge is 2.55. The van der Waals surface area contributed by atoms with E-state index in [1.807, 2.05) is 61.5 Å². The molecule has 1 saturated heterocycles. The third-order valence-corrected chi connectivity index (χ3v) is 4.49. The molecule has 5 heteroatoms. The van der Waals surface area contributed by atoms with Crippen molar-refractivity contribution in [3.8, 4) is 0 Å². The van der Waals surface area contributed by atoms with Gasteiger partial charge in [0.25, 0.3) is 0 Å². The van der Waals surface area contributed by atoms with E-state index in [1.54, 1.807) is 0 Å². The fourth-order valence-electron chi connectivity index (χ4n) is 3.16. The van der Waals surface area contributed by atoms with E-state index in [-0.39, 0.29) is 12.8 Å². The van der Waals surface area contributed by atoms with Gasteiger partial charge in [-0.1, -0.05) is 48.0 Å². The predicted octanol–water partition coefficient (Wildman–Crippen LogP) is 3.40. The van der Waals surface area contributed by atoms with Crippen LogP contribution in [0.4, 0.5) is 5.69 Å². The first kappa shape index (κ1) is 17.0. The molecule has 0 saturated carbocycles. The molecule has 2 atom stereocenters. The molecule has 0 unspecified atom stereocenters. The van der Waals surface area contributed by atoms with Crippen LogP contribution in [0, 0.1) is 6.92 Å². The zero-order valence-electron chi connectivity index (χ0n) is 14.3. The van der Waals surface area contributed by atoms with Gasteiger partial charge in [0.15, 0.2) is 0 Å². The summed E-state index contributed by atoms with van der Waals surface area (Å²) in [6.45, 7) is 2.00. The molecule has 3 rings (SSSR count). The highest BCUT2D eigenvalue weighted by Crippen LogP contribution is 2.41. The fraction of sp³-hybridized carbons (Fsp3) is 0.300. The van der Waals surface area contributed by atoms with Crippen LogP contribution < -0.4 is 5.32 Å². The topological polar surface area (TPSA) is 64.6 Å². The first-order valence-electron chi connectivity index (χ1n) is 8.23. The van der Waals surface area contributed by atoms with Crippen LogP contribution in [0.1, 0.15) is 30.0 Å². The molecule has 1 aliphatic heterocycles. The minimum absolute atomic E-state index is 0.188. The van der Waals surface area contributed by atoms with Gasteiger partial charge in [-0.05, 0) is 24.6 Å². The number of hydrogen-bond acceptors (Lipinski definition) is 5. The third kappa shape index (κ3) is 3.36. The second kappa shape index (κ2) is 6.97. The number of para-hydroxylation sites is 1. The molecular weight excluding hydrogens is 318 g/mol. The van der Waals surface area contributed by atoms with Crippen molar-refractivity contribution in [2.24, 2.45) is 0 Å². The summed E-state index contributed by atoms with van der Waals surface area (Å²) >= 11 is 0. The van der Waals surface area contributed by atoms with Crippen molar-refractivity contribution >= 4 is 17.6 Å². The molecule has 0 bridgehead atoms. The van der Waals surface area contributed by atoms with E-state index in [9.17, 15) is 9.59 Å². The number of carbonyl (C=O) groups is 2. The summed E-state index contributed by atoms with van der Waals surface area (Å²) < 4.78 is 10.5. The standard InChI is InChI=1S/C20H21NO4/c1-14-8-10-15(11-9-14)18(21-16-6-4-3-5-7-16)20(19(23)24-2)13-12-17(22)25-20/h3-11,18,21H,12-13H2,1-2H3/t18-,20-/m0/s1. The molecule has 1 fully saturated rings. The van der Waals surface area contributed by atoms with Crippen molar-refractivity contribution in [3.05, 3.63) is 65.7 Å². The second-order valence-electron chi connectivity index (χ2n) is 6.21. The van der Waals surface area contributed by atoms with Crippen LogP contribution >= 0.6 is 0 Å². The molecule has 0 aromatic heterocycles. The number of anilines is 1. The van der Waals surface area contributed by atoms with E-state index in [0.29, 0.717) is 0 Å². The minimum Gasteiger partial charge on any atom is -0.466 e. The van der Waals surface area contributed by atoms with Crippen molar-refractivity contribution < 1.29 is 19.1 Å². The van der Waals surface area contributed by atoms with Gasteiger partial charge >= 0.3 is 11.9 Å². The van der Waals surface area contributed by atoms with Crippen LogP contribution in [0.2, 0.25) is 0 Å². The van der Waals surface area contributed by atoms with Gasteiger partial charge in [-0.25, -0.2) is 4.79 Å². The zero-order chi connectivity index (χ0) is 17.9. The summed E-state index contributed by atoms with van der Waals surface area (Å²) in [5.74, 6) is -0.940. The van der Waals surface area contributed by atoms with Crippen LogP contribution in [-0.4, -0.2) is 24.6 Å². The normalized spacial score (nSPS) is 20.6. The van der Waals surface area contributed by atoms with Gasteiger partial charge in [0, 0.05) is 12.1 Å². The predicted molar refractivity (Wildman–Crippen MR) is 94.1 cm³/mol. The molecule has 5 nitrogen and oxygen atoms in total. The van der Waals surface area contributed by atoms with E-state index in [4.69, 9.17) is 9.47 Å². The summed E-state index contributed by atoms with van der Waals surface area (Å²) in [7, 11) is 1.31. The smallest absolute Gasteiger partial charge is 0.352 e. The summed E-state index contributed by atoms with van der Waals surface area (Å²) in [5, 5.41) is 3.36. The Bertz CT molecular complexity index is 757. The molecule has 1 heterocycles. The van der Waals surface area contributed by atoms with Crippen molar-refractivity contribution in [3.63, 3.8) is 0 Å². The van der Waals surface area contributed by atoms with Gasteiger partial charge in [0.2, 0.25) is 5.60 Å². The van der Waals surface area contributed by atoms with Crippen LogP contribution in [-0.2, 0) is 19.1 Å². The van der Waals surface area contributed by atoms with Gasteiger partial charge in [0.05, 0.1) is 13.5 Å². The van der Waals surface area contributed by atoms with E-state index >= 15 is 0 Å². The number of hydrogen-bond donors (Lipinski definition) is 1. The maximum absolute atomic E-state index is 12.6. The lowest BCUT2D eigenvalue weighted by Gasteiger charge is -2.35. The summed E-state index contributed by atoms with van der Waals surface area (Å²) in [5.41, 5.74) is 1.42. The Balaban J connectivity index is 2.06. The van der Waals surface area contributed by atoms with Gasteiger partial charge in [-0.15, -0.1) is 0 Å². The van der Waals surface area contributed by atoms with Crippen molar-refractivity contribution in [1.29, 1.82) is 0 Å². The lowest BCUT2D eigenvalue weighted by molar-refractivity contribution is -0.174. The summed E-state index contributed by atoms with van der Waals surface area (Å²) in [6, 6.07) is 16.8. The number of benzene rings is 2. The van der Waals surface area contributed by atoms with E-state index in [2.05, 4.69) is 5.32 Å². The SMILES string of the molecule is COC(=O)[C@@]1([C@@H](Nc2ccccc2)c2ccc(C)cc2)CCC(=O)O1. The second-order valence-corrected chi connectivity index (χ2v) is 6.21. The minimum atomic E-state index is -1.38. The highest BCUT2D eigenvalue weighted by molar-refractivity contribution is 5.88. The maximum atomic E-state index is 12.6. The first-order valence-corrected chi connectivity index (χ1v) is 8.23. The number of ether oxygens (including phenoxy) is 2. The monoisotopic (exact) mass is 339 g/mol. The van der Waals surface area contributed by atoms with Gasteiger partial charge in [-0.2, -0.15) is 0 Å². The van der Waals surface area contributed by atoms with Crippen LogP contribution in [0.5, 0.6) is 0 Å². The lowest BCUT2D eigenvalue weighted by atomic mass is 9.85. The van der Waals surface area contributed by atoms with E-state index < -0.39 is 23.6 Å². The molecule has 130 valence electrons. The Morgan fingerprint density at radius 2 is 1.84 bits per heavy atom. The molecule has 0 radical (unpaired) electrons. The summed E-state index contributed by atoms with van der Waals surface area (Å²) in [4.78, 5) is 24.5. The number of cyclic esters (lactones) is 1. The molecule has 1 N–H and O–H groups in total. The average Bonchev–Trinajstić information content (AvgIpc) is 3.03. The number of nitrogens with one attached hydrogen (secondary N) is 1. The highest BCUT2D eigenvalue weighted by atomic mass is 16.6. The first-order chi connectivity index (χ1) is 12.0. The number of esters is 2. The van der Waals surface area contributed by atoms with Crippen LogP contribution in [0.3, 0.4) is 0 Å². The van der Waals surface area contributed by atoms with Crippen molar-refractivity contribution in [1.82, 2.24) is 0 Å². The van der Waals surface area contributed by atoms with Crippen LogP contribution in [0.15, 0.2) is 54.6 Å². The molecule has 0 aliphatic carbocycles. The Hall–Kier alpha value is -2.82. The van der Waals surface area contributed by atoms with E-state index in [1.165, 1.54) is 7.11 Å². The zero-order valence-corrected chi connectivity index (χ0v) is 14.3. The molecule has 0 amide bonds. The molecular formula is C20H21NO4. The molecule has 2 aromatic carbocycles. The number of aryl methyl sites for hydroxylation is 1.